The van der Waals surface area contributed by atoms with Gasteiger partial charge in [0.25, 0.3) is 0 Å². The molecule has 0 aliphatic rings. The zero-order valence-electron chi connectivity index (χ0n) is 5.63. The number of urea groups is 1. The van der Waals surface area contributed by atoms with Crippen molar-refractivity contribution in [3.05, 3.63) is 12.3 Å². The van der Waals surface area contributed by atoms with Gasteiger partial charge < -0.3 is 16.2 Å². The summed E-state index contributed by atoms with van der Waals surface area (Å²) in [6.45, 7) is 1.91. The van der Waals surface area contributed by atoms with Crippen molar-refractivity contribution >= 4 is 6.03 Å². The molecule has 0 aromatic carbocycles. The van der Waals surface area contributed by atoms with Crippen LogP contribution in [-0.2, 0) is 4.74 Å². The first-order valence-corrected chi connectivity index (χ1v) is 2.34. The highest BCUT2D eigenvalue weighted by Crippen LogP contribution is 1.64. The molecule has 4 N–H and O–H groups in total. The highest BCUT2D eigenvalue weighted by molar-refractivity contribution is 5.69. The van der Waals surface area contributed by atoms with E-state index in [0.717, 1.165) is 0 Å². The quantitative estimate of drug-likeness (QED) is 0.499. The van der Waals surface area contributed by atoms with Gasteiger partial charge in [0.05, 0.1) is 13.4 Å². The van der Waals surface area contributed by atoms with Crippen LogP contribution in [0.5, 0.6) is 0 Å². The summed E-state index contributed by atoms with van der Waals surface area (Å²) in [5.41, 5.74) is 8.50. The molecular formula is C5H12N2O2. The minimum absolute atomic E-state index is 0.833. The molecule has 0 bridgehead atoms. The largest absolute Gasteiger partial charge is 0.505 e. The van der Waals surface area contributed by atoms with Gasteiger partial charge in [-0.1, -0.05) is 6.08 Å². The molecular weight excluding hydrogens is 120 g/mol. The van der Waals surface area contributed by atoms with Crippen LogP contribution in [0.1, 0.15) is 6.92 Å². The normalized spacial score (nSPS) is 7.78. The Morgan fingerprint density at radius 2 is 1.89 bits per heavy atom. The maximum absolute atomic E-state index is 9.00. The molecule has 0 aromatic rings. The van der Waals surface area contributed by atoms with Crippen LogP contribution in [0, 0.1) is 0 Å². The summed E-state index contributed by atoms with van der Waals surface area (Å²) in [5, 5.41) is 0. The molecule has 0 spiro atoms. The van der Waals surface area contributed by atoms with Crippen LogP contribution >= 0.6 is 0 Å². The summed E-state index contributed by atoms with van der Waals surface area (Å²) in [6, 6.07) is -0.833. The van der Waals surface area contributed by atoms with Gasteiger partial charge >= 0.3 is 6.03 Å². The molecule has 0 aliphatic carbocycles. The van der Waals surface area contributed by atoms with Crippen molar-refractivity contribution in [2.75, 3.05) is 7.11 Å². The summed E-state index contributed by atoms with van der Waals surface area (Å²) < 4.78 is 4.51. The first-order valence-electron chi connectivity index (χ1n) is 2.34. The lowest BCUT2D eigenvalue weighted by atomic mass is 10.7. The van der Waals surface area contributed by atoms with E-state index < -0.39 is 6.03 Å². The standard InChI is InChI=1S/C4H8O.CH4N2O/c1-3-4-5-2;2-1(3)4/h3-4H,1-2H3;(H4,2,3,4). The van der Waals surface area contributed by atoms with Crippen LogP contribution in [0.25, 0.3) is 0 Å². The fourth-order valence-corrected chi connectivity index (χ4v) is 0.136. The van der Waals surface area contributed by atoms with Gasteiger partial charge in [0, 0.05) is 0 Å². The molecule has 4 nitrogen and oxygen atoms in total. The first kappa shape index (κ1) is 10.7. The van der Waals surface area contributed by atoms with Crippen molar-refractivity contribution in [3.8, 4) is 0 Å². The summed E-state index contributed by atoms with van der Waals surface area (Å²) in [7, 11) is 1.62. The Kier molecular flexibility index (Phi) is 11.8. The Hall–Kier alpha value is -1.19. The van der Waals surface area contributed by atoms with Gasteiger partial charge in [-0.15, -0.1) is 0 Å². The van der Waals surface area contributed by atoms with Gasteiger partial charge in [-0.2, -0.15) is 0 Å². The second-order valence-corrected chi connectivity index (χ2v) is 1.11. The number of rotatable bonds is 1. The van der Waals surface area contributed by atoms with Gasteiger partial charge in [0.2, 0.25) is 0 Å². The van der Waals surface area contributed by atoms with E-state index in [-0.39, 0.29) is 0 Å². The second kappa shape index (κ2) is 9.94. The van der Waals surface area contributed by atoms with E-state index in [1.54, 1.807) is 13.4 Å². The van der Waals surface area contributed by atoms with Crippen molar-refractivity contribution in [1.82, 2.24) is 0 Å². The second-order valence-electron chi connectivity index (χ2n) is 1.11. The molecule has 0 heterocycles. The zero-order chi connectivity index (χ0) is 7.70. The Morgan fingerprint density at radius 3 is 1.89 bits per heavy atom. The smallest absolute Gasteiger partial charge is 0.309 e. The molecule has 0 aromatic heterocycles. The Balaban J connectivity index is 0. The van der Waals surface area contributed by atoms with E-state index in [2.05, 4.69) is 16.2 Å². The number of carbonyl (C=O) groups excluding carboxylic acids is 1. The van der Waals surface area contributed by atoms with Gasteiger partial charge in [-0.3, -0.25) is 0 Å². The van der Waals surface area contributed by atoms with Gasteiger partial charge in [0.1, 0.15) is 0 Å². The Labute approximate surface area is 54.5 Å². The number of hydrogen-bond donors (Lipinski definition) is 2. The van der Waals surface area contributed by atoms with E-state index in [4.69, 9.17) is 4.79 Å². The summed E-state index contributed by atoms with van der Waals surface area (Å²) in [4.78, 5) is 9.00. The Morgan fingerprint density at radius 1 is 1.56 bits per heavy atom. The zero-order valence-corrected chi connectivity index (χ0v) is 5.63. The molecule has 9 heavy (non-hydrogen) atoms. The molecule has 0 aliphatic heterocycles. The number of ether oxygens (including phenoxy) is 1. The van der Waals surface area contributed by atoms with Gasteiger partial charge in [-0.05, 0) is 6.92 Å². The molecule has 0 radical (unpaired) electrons. The molecule has 0 atom stereocenters. The number of allylic oxidation sites excluding steroid dienone is 1. The molecule has 0 fully saturated rings. The van der Waals surface area contributed by atoms with Gasteiger partial charge in [0.15, 0.2) is 0 Å². The molecule has 2 amide bonds. The number of carbonyl (C=O) groups is 1. The van der Waals surface area contributed by atoms with Crippen molar-refractivity contribution < 1.29 is 9.53 Å². The average Bonchev–Trinajstić information content (AvgIpc) is 1.66. The Bertz CT molecular complexity index is 87.0. The third-order valence-corrected chi connectivity index (χ3v) is 0.272. The number of primary amides is 2. The van der Waals surface area contributed by atoms with Crippen LogP contribution in [0.4, 0.5) is 4.79 Å². The van der Waals surface area contributed by atoms with E-state index in [1.165, 1.54) is 0 Å². The van der Waals surface area contributed by atoms with Gasteiger partial charge in [-0.25, -0.2) is 4.79 Å². The van der Waals surface area contributed by atoms with Crippen molar-refractivity contribution in [2.45, 2.75) is 6.92 Å². The van der Waals surface area contributed by atoms with E-state index >= 15 is 0 Å². The minimum Gasteiger partial charge on any atom is -0.505 e. The number of amides is 2. The van der Waals surface area contributed by atoms with Crippen LogP contribution in [-0.4, -0.2) is 13.1 Å². The molecule has 4 heteroatoms. The van der Waals surface area contributed by atoms with E-state index in [9.17, 15) is 0 Å². The topological polar surface area (TPSA) is 78.3 Å². The van der Waals surface area contributed by atoms with Crippen LogP contribution < -0.4 is 11.5 Å². The number of hydrogen-bond acceptors (Lipinski definition) is 2. The lowest BCUT2D eigenvalue weighted by Crippen LogP contribution is -2.18. The summed E-state index contributed by atoms with van der Waals surface area (Å²) >= 11 is 0. The average molecular weight is 132 g/mol. The monoisotopic (exact) mass is 132 g/mol. The highest BCUT2D eigenvalue weighted by atomic mass is 16.5. The van der Waals surface area contributed by atoms with Crippen LogP contribution in [0.2, 0.25) is 0 Å². The fraction of sp³-hybridized carbons (Fsp3) is 0.400. The highest BCUT2D eigenvalue weighted by Gasteiger charge is 1.60. The lowest BCUT2D eigenvalue weighted by Gasteiger charge is -1.76. The van der Waals surface area contributed by atoms with E-state index in [0.29, 0.717) is 0 Å². The predicted molar refractivity (Wildman–Crippen MR) is 35.6 cm³/mol. The predicted octanol–water partition coefficient (Wildman–Crippen LogP) is 0.190. The minimum atomic E-state index is -0.833. The van der Waals surface area contributed by atoms with Crippen LogP contribution in [0.15, 0.2) is 12.3 Å². The third kappa shape index (κ3) is 240. The first-order chi connectivity index (χ1) is 4.15. The fourth-order valence-electron chi connectivity index (χ4n) is 0.136. The van der Waals surface area contributed by atoms with E-state index in [1.807, 2.05) is 13.0 Å². The third-order valence-electron chi connectivity index (χ3n) is 0.272. The molecule has 54 valence electrons. The maximum atomic E-state index is 9.00. The SMILES string of the molecule is CC=COC.NC(N)=O. The van der Waals surface area contributed by atoms with Crippen molar-refractivity contribution in [2.24, 2.45) is 11.5 Å². The van der Waals surface area contributed by atoms with Crippen molar-refractivity contribution in [1.29, 1.82) is 0 Å². The maximum Gasteiger partial charge on any atom is 0.309 e. The van der Waals surface area contributed by atoms with Crippen molar-refractivity contribution in [3.63, 3.8) is 0 Å². The molecule has 0 saturated heterocycles. The molecule has 0 rings (SSSR count). The lowest BCUT2D eigenvalue weighted by molar-refractivity contribution is 0.256. The molecule has 0 saturated carbocycles. The number of nitrogens with two attached hydrogens (primary N) is 2. The number of methoxy groups -OCH3 is 1. The summed E-state index contributed by atoms with van der Waals surface area (Å²) in [6.07, 6.45) is 3.46. The molecule has 0 unspecified atom stereocenters. The van der Waals surface area contributed by atoms with Crippen LogP contribution in [0.3, 0.4) is 0 Å². The summed E-state index contributed by atoms with van der Waals surface area (Å²) in [5.74, 6) is 0.